The van der Waals surface area contributed by atoms with Crippen LogP contribution in [0.15, 0.2) is 55.0 Å². The molecule has 3 aromatic rings. The minimum atomic E-state index is -1.29. The van der Waals surface area contributed by atoms with E-state index in [2.05, 4.69) is 15.3 Å². The maximum absolute atomic E-state index is 13.4. The molecule has 5 nitrogen and oxygen atoms in total. The third kappa shape index (κ3) is 3.61. The highest BCUT2D eigenvalue weighted by atomic mass is 19.1. The fourth-order valence-corrected chi connectivity index (χ4v) is 3.21. The zero-order valence-corrected chi connectivity index (χ0v) is 15.5. The maximum atomic E-state index is 13.4. The molecule has 0 aliphatic heterocycles. The number of benzene rings is 2. The van der Waals surface area contributed by atoms with Gasteiger partial charge in [-0.1, -0.05) is 32.0 Å². The van der Waals surface area contributed by atoms with Gasteiger partial charge in [-0.05, 0) is 41.3 Å². The summed E-state index contributed by atoms with van der Waals surface area (Å²) in [6.07, 6.45) is 3.12. The van der Waals surface area contributed by atoms with Crippen LogP contribution in [0.3, 0.4) is 0 Å². The smallest absolute Gasteiger partial charge is 0.221 e. The molecule has 0 radical (unpaired) electrons. The van der Waals surface area contributed by atoms with E-state index in [1.807, 2.05) is 19.9 Å². The van der Waals surface area contributed by atoms with Crippen molar-refractivity contribution in [3.63, 3.8) is 0 Å². The molecule has 0 spiro atoms. The Hall–Kier alpha value is -2.99. The van der Waals surface area contributed by atoms with Crippen molar-refractivity contribution in [1.82, 2.24) is 9.97 Å². The van der Waals surface area contributed by atoms with Crippen LogP contribution in [0.4, 0.5) is 10.1 Å². The maximum Gasteiger partial charge on any atom is 0.221 e. The second-order valence-corrected chi connectivity index (χ2v) is 6.83. The van der Waals surface area contributed by atoms with E-state index >= 15 is 0 Å². The fourth-order valence-electron chi connectivity index (χ4n) is 3.21. The second-order valence-electron chi connectivity index (χ2n) is 6.83. The molecule has 3 rings (SSSR count). The quantitative estimate of drug-likeness (QED) is 0.636. The number of carbonyl (C=O) groups is 1. The highest BCUT2D eigenvalue weighted by Gasteiger charge is 2.37. The molecule has 2 aromatic carbocycles. The molecule has 6 heteroatoms. The van der Waals surface area contributed by atoms with Gasteiger partial charge in [-0.3, -0.25) is 4.79 Å². The van der Waals surface area contributed by atoms with E-state index in [0.717, 1.165) is 5.56 Å². The van der Waals surface area contributed by atoms with E-state index in [0.29, 0.717) is 22.5 Å². The molecule has 27 heavy (non-hydrogen) atoms. The summed E-state index contributed by atoms with van der Waals surface area (Å²) in [4.78, 5) is 18.6. The van der Waals surface area contributed by atoms with E-state index in [9.17, 15) is 14.3 Å². The van der Waals surface area contributed by atoms with Crippen molar-refractivity contribution in [1.29, 1.82) is 0 Å². The van der Waals surface area contributed by atoms with E-state index in [1.165, 1.54) is 25.4 Å². The number of nitrogens with one attached hydrogen (secondary N) is 2. The number of nitrogens with zero attached hydrogens (tertiary/aromatic N) is 1. The van der Waals surface area contributed by atoms with Crippen molar-refractivity contribution in [2.45, 2.75) is 26.4 Å². The number of halogens is 1. The van der Waals surface area contributed by atoms with Crippen LogP contribution in [-0.2, 0) is 10.4 Å². The normalized spacial score (nSPS) is 13.4. The number of anilines is 1. The van der Waals surface area contributed by atoms with Crippen molar-refractivity contribution in [2.75, 3.05) is 5.32 Å². The van der Waals surface area contributed by atoms with Crippen LogP contribution in [0.25, 0.3) is 11.1 Å². The van der Waals surface area contributed by atoms with Gasteiger partial charge in [0.15, 0.2) is 0 Å². The minimum Gasteiger partial charge on any atom is -0.379 e. The molecular weight excluding hydrogens is 345 g/mol. The number of aliphatic hydroxyl groups is 1. The van der Waals surface area contributed by atoms with Gasteiger partial charge in [-0.2, -0.15) is 0 Å². The molecule has 1 heterocycles. The molecule has 1 amide bonds. The molecule has 0 saturated carbocycles. The van der Waals surface area contributed by atoms with Gasteiger partial charge in [0.1, 0.15) is 11.4 Å². The molecule has 1 aromatic heterocycles. The standard InChI is InChI=1S/C21H22FN3O2/c1-13(2)21(27,20-11-23-12-24-20)16-6-9-19(25-14(3)26)18(10-16)15-4-7-17(22)8-5-15/h4-13,27H,1-3H3,(H,23,24)(H,25,26). The SMILES string of the molecule is CC(=O)Nc1ccc(C(O)(c2cnc[nH]2)C(C)C)cc1-c1ccc(F)cc1. The number of imidazole rings is 1. The van der Waals surface area contributed by atoms with Crippen molar-refractivity contribution in [2.24, 2.45) is 5.92 Å². The number of hydrogen-bond donors (Lipinski definition) is 3. The summed E-state index contributed by atoms with van der Waals surface area (Å²) >= 11 is 0. The van der Waals surface area contributed by atoms with Gasteiger partial charge < -0.3 is 15.4 Å². The summed E-state index contributed by atoms with van der Waals surface area (Å²) in [5.74, 6) is -0.698. The molecule has 1 atom stereocenters. The first-order valence-corrected chi connectivity index (χ1v) is 8.71. The predicted octanol–water partition coefficient (Wildman–Crippen LogP) is 4.07. The molecule has 0 fully saturated rings. The Morgan fingerprint density at radius 2 is 1.93 bits per heavy atom. The predicted molar refractivity (Wildman–Crippen MR) is 103 cm³/mol. The third-order valence-corrected chi connectivity index (χ3v) is 4.67. The Morgan fingerprint density at radius 1 is 1.22 bits per heavy atom. The average Bonchev–Trinajstić information content (AvgIpc) is 3.16. The van der Waals surface area contributed by atoms with E-state index < -0.39 is 5.60 Å². The van der Waals surface area contributed by atoms with Gasteiger partial charge in [-0.15, -0.1) is 0 Å². The lowest BCUT2D eigenvalue weighted by molar-refractivity contribution is -0.114. The molecule has 3 N–H and O–H groups in total. The number of amides is 1. The number of aromatic nitrogens is 2. The summed E-state index contributed by atoms with van der Waals surface area (Å²) in [6.45, 7) is 5.26. The Morgan fingerprint density at radius 3 is 2.48 bits per heavy atom. The molecule has 0 bridgehead atoms. The van der Waals surface area contributed by atoms with Crippen LogP contribution in [0.2, 0.25) is 0 Å². The Bertz CT molecular complexity index is 937. The topological polar surface area (TPSA) is 78.0 Å². The molecule has 0 saturated heterocycles. The number of carbonyl (C=O) groups excluding carboxylic acids is 1. The molecule has 0 aliphatic carbocycles. The first-order chi connectivity index (χ1) is 12.8. The first-order valence-electron chi connectivity index (χ1n) is 8.71. The van der Waals surface area contributed by atoms with Gasteiger partial charge in [0.05, 0.1) is 18.2 Å². The van der Waals surface area contributed by atoms with Crippen LogP contribution < -0.4 is 5.32 Å². The summed E-state index contributed by atoms with van der Waals surface area (Å²) in [5, 5.41) is 14.3. The number of H-pyrrole nitrogens is 1. The zero-order valence-electron chi connectivity index (χ0n) is 15.5. The van der Waals surface area contributed by atoms with Gasteiger partial charge >= 0.3 is 0 Å². The lowest BCUT2D eigenvalue weighted by Gasteiger charge is -2.32. The van der Waals surface area contributed by atoms with Crippen molar-refractivity contribution < 1.29 is 14.3 Å². The zero-order chi connectivity index (χ0) is 19.6. The molecule has 1 unspecified atom stereocenters. The van der Waals surface area contributed by atoms with Crippen LogP contribution in [-0.4, -0.2) is 21.0 Å². The third-order valence-electron chi connectivity index (χ3n) is 4.67. The Kier molecular flexibility index (Phi) is 5.10. The first kappa shape index (κ1) is 18.8. The molecule has 140 valence electrons. The van der Waals surface area contributed by atoms with Gasteiger partial charge in [-0.25, -0.2) is 9.37 Å². The lowest BCUT2D eigenvalue weighted by Crippen LogP contribution is -2.34. The van der Waals surface area contributed by atoms with Gasteiger partial charge in [0.25, 0.3) is 0 Å². The van der Waals surface area contributed by atoms with Crippen LogP contribution in [0.5, 0.6) is 0 Å². The van der Waals surface area contributed by atoms with E-state index in [4.69, 9.17) is 0 Å². The Balaban J connectivity index is 2.19. The van der Waals surface area contributed by atoms with Crippen LogP contribution in [0.1, 0.15) is 32.0 Å². The summed E-state index contributed by atoms with van der Waals surface area (Å²) in [7, 11) is 0. The van der Waals surface area contributed by atoms with Crippen molar-refractivity contribution >= 4 is 11.6 Å². The molecular formula is C21H22FN3O2. The highest BCUT2D eigenvalue weighted by molar-refractivity contribution is 5.94. The van der Waals surface area contributed by atoms with Crippen LogP contribution >= 0.6 is 0 Å². The lowest BCUT2D eigenvalue weighted by atomic mass is 9.80. The highest BCUT2D eigenvalue weighted by Crippen LogP contribution is 2.39. The van der Waals surface area contributed by atoms with Crippen molar-refractivity contribution in [3.8, 4) is 11.1 Å². The summed E-state index contributed by atoms with van der Waals surface area (Å²) < 4.78 is 13.4. The molecule has 0 aliphatic rings. The van der Waals surface area contributed by atoms with E-state index in [-0.39, 0.29) is 17.6 Å². The summed E-state index contributed by atoms with van der Waals surface area (Å²) in [6, 6.07) is 11.4. The largest absolute Gasteiger partial charge is 0.379 e. The summed E-state index contributed by atoms with van der Waals surface area (Å²) in [5.41, 5.74) is 1.96. The van der Waals surface area contributed by atoms with Gasteiger partial charge in [0, 0.05) is 18.2 Å². The van der Waals surface area contributed by atoms with Crippen molar-refractivity contribution in [3.05, 3.63) is 72.1 Å². The fraction of sp³-hybridized carbons (Fsp3) is 0.238. The second kappa shape index (κ2) is 7.32. The minimum absolute atomic E-state index is 0.148. The van der Waals surface area contributed by atoms with Gasteiger partial charge in [0.2, 0.25) is 5.91 Å². The number of hydrogen-bond acceptors (Lipinski definition) is 3. The van der Waals surface area contributed by atoms with E-state index in [1.54, 1.807) is 30.5 Å². The monoisotopic (exact) mass is 367 g/mol. The number of aromatic amines is 1. The van der Waals surface area contributed by atoms with Crippen LogP contribution in [0, 0.1) is 11.7 Å². The Labute approximate surface area is 157 Å². The number of rotatable bonds is 5. The average molecular weight is 367 g/mol.